The van der Waals surface area contributed by atoms with Crippen molar-refractivity contribution in [1.82, 2.24) is 9.88 Å². The number of amides is 1. The van der Waals surface area contributed by atoms with Gasteiger partial charge in [-0.1, -0.05) is 6.07 Å². The number of carbonyl (C=O) groups is 2. The third kappa shape index (κ3) is 4.07. The molecule has 1 aliphatic rings. The first-order chi connectivity index (χ1) is 10.9. The Kier molecular flexibility index (Phi) is 5.35. The number of pyridine rings is 1. The van der Waals surface area contributed by atoms with Gasteiger partial charge in [0.1, 0.15) is 11.4 Å². The van der Waals surface area contributed by atoms with Gasteiger partial charge in [-0.2, -0.15) is 0 Å². The fourth-order valence-corrected chi connectivity index (χ4v) is 4.34. The normalized spacial score (nSPS) is 19.3. The van der Waals surface area contributed by atoms with E-state index in [1.165, 1.54) is 17.0 Å². The average molecular weight is 340 g/mol. The van der Waals surface area contributed by atoms with Crippen molar-refractivity contribution in [2.24, 2.45) is 0 Å². The highest BCUT2D eigenvalue weighted by Crippen LogP contribution is 2.19. The Morgan fingerprint density at radius 1 is 1.30 bits per heavy atom. The lowest BCUT2D eigenvalue weighted by molar-refractivity contribution is 0.0519. The van der Waals surface area contributed by atoms with Crippen LogP contribution in [-0.4, -0.2) is 60.9 Å². The molecule has 1 fully saturated rings. The molecule has 7 nitrogen and oxygen atoms in total. The van der Waals surface area contributed by atoms with Gasteiger partial charge in [-0.3, -0.25) is 4.79 Å². The largest absolute Gasteiger partial charge is 0.461 e. The Bertz CT molecular complexity index is 702. The Labute approximate surface area is 135 Å². The molecule has 1 saturated heterocycles. The summed E-state index contributed by atoms with van der Waals surface area (Å²) in [6, 6.07) is 4.21. The lowest BCUT2D eigenvalue weighted by Crippen LogP contribution is -2.41. The number of carbonyl (C=O) groups excluding carboxylic acids is 2. The Hall–Kier alpha value is -1.96. The Morgan fingerprint density at radius 3 is 2.57 bits per heavy atom. The lowest BCUT2D eigenvalue weighted by Gasteiger charge is -2.26. The molecule has 0 radical (unpaired) electrons. The number of sulfone groups is 1. The summed E-state index contributed by atoms with van der Waals surface area (Å²) in [5.74, 6) is -0.892. The third-order valence-electron chi connectivity index (χ3n) is 3.70. The molecule has 8 heteroatoms. The van der Waals surface area contributed by atoms with E-state index in [4.69, 9.17) is 4.74 Å². The van der Waals surface area contributed by atoms with E-state index in [2.05, 4.69) is 4.98 Å². The predicted molar refractivity (Wildman–Crippen MR) is 84.0 cm³/mol. The molecule has 0 aliphatic carbocycles. The van der Waals surface area contributed by atoms with Crippen molar-refractivity contribution in [2.45, 2.75) is 26.3 Å². The monoisotopic (exact) mass is 340 g/mol. The van der Waals surface area contributed by atoms with Crippen LogP contribution in [0, 0.1) is 0 Å². The van der Waals surface area contributed by atoms with Gasteiger partial charge in [0, 0.05) is 12.6 Å². The van der Waals surface area contributed by atoms with Crippen molar-refractivity contribution in [3.05, 3.63) is 29.6 Å². The zero-order valence-electron chi connectivity index (χ0n) is 13.2. The van der Waals surface area contributed by atoms with Gasteiger partial charge >= 0.3 is 5.97 Å². The van der Waals surface area contributed by atoms with Crippen LogP contribution in [0.15, 0.2) is 18.2 Å². The van der Waals surface area contributed by atoms with Crippen LogP contribution in [0.3, 0.4) is 0 Å². The van der Waals surface area contributed by atoms with Gasteiger partial charge in [-0.15, -0.1) is 0 Å². The van der Waals surface area contributed by atoms with E-state index in [1.54, 1.807) is 19.9 Å². The zero-order chi connectivity index (χ0) is 17.0. The molecule has 1 amide bonds. The molecular weight excluding hydrogens is 320 g/mol. The molecule has 0 N–H and O–H groups in total. The lowest BCUT2D eigenvalue weighted by atomic mass is 10.2. The minimum absolute atomic E-state index is 0.0237. The molecule has 1 aliphatic heterocycles. The highest BCUT2D eigenvalue weighted by Gasteiger charge is 2.34. The predicted octanol–water partition coefficient (Wildman–Crippen LogP) is 0.908. The summed E-state index contributed by atoms with van der Waals surface area (Å²) in [5, 5.41) is 0. The van der Waals surface area contributed by atoms with E-state index in [0.29, 0.717) is 13.0 Å². The molecule has 23 heavy (non-hydrogen) atoms. The number of rotatable bonds is 5. The average Bonchev–Trinajstić information content (AvgIpc) is 2.88. The van der Waals surface area contributed by atoms with Gasteiger partial charge < -0.3 is 9.64 Å². The smallest absolute Gasteiger partial charge is 0.356 e. The Morgan fingerprint density at radius 2 is 2.00 bits per heavy atom. The second kappa shape index (κ2) is 7.08. The molecule has 0 saturated carbocycles. The third-order valence-corrected chi connectivity index (χ3v) is 5.45. The molecule has 0 bridgehead atoms. The van der Waals surface area contributed by atoms with Crippen molar-refractivity contribution >= 4 is 21.7 Å². The number of esters is 1. The molecule has 2 heterocycles. The van der Waals surface area contributed by atoms with E-state index in [9.17, 15) is 18.0 Å². The molecule has 126 valence electrons. The molecule has 2 rings (SSSR count). The molecule has 1 unspecified atom stereocenters. The number of ether oxygens (including phenoxy) is 1. The highest BCUT2D eigenvalue weighted by molar-refractivity contribution is 7.91. The molecular formula is C15H20N2O5S. The van der Waals surface area contributed by atoms with Crippen LogP contribution in [0.4, 0.5) is 0 Å². The first kappa shape index (κ1) is 17.4. The fourth-order valence-electron chi connectivity index (χ4n) is 2.61. The topological polar surface area (TPSA) is 93.6 Å². The quantitative estimate of drug-likeness (QED) is 0.740. The maximum absolute atomic E-state index is 12.6. The van der Waals surface area contributed by atoms with E-state index < -0.39 is 15.8 Å². The van der Waals surface area contributed by atoms with Crippen LogP contribution in [0.1, 0.15) is 41.2 Å². The number of hydrogen-bond acceptors (Lipinski definition) is 6. The summed E-state index contributed by atoms with van der Waals surface area (Å²) in [5.41, 5.74) is 0.175. The summed E-state index contributed by atoms with van der Waals surface area (Å²) in [6.45, 7) is 4.08. The van der Waals surface area contributed by atoms with Crippen LogP contribution >= 0.6 is 0 Å². The van der Waals surface area contributed by atoms with Gasteiger partial charge in [-0.25, -0.2) is 18.2 Å². The maximum Gasteiger partial charge on any atom is 0.356 e. The Balaban J connectivity index is 2.21. The molecule has 1 aromatic heterocycles. The second-order valence-corrected chi connectivity index (χ2v) is 7.51. The summed E-state index contributed by atoms with van der Waals surface area (Å²) < 4.78 is 28.1. The fraction of sp³-hybridized carbons (Fsp3) is 0.533. The van der Waals surface area contributed by atoms with E-state index >= 15 is 0 Å². The first-order valence-electron chi connectivity index (χ1n) is 7.53. The van der Waals surface area contributed by atoms with Gasteiger partial charge in [-0.05, 0) is 32.4 Å². The second-order valence-electron chi connectivity index (χ2n) is 5.28. The number of nitrogens with zero attached hydrogens (tertiary/aromatic N) is 2. The van der Waals surface area contributed by atoms with Gasteiger partial charge in [0.05, 0.1) is 18.1 Å². The van der Waals surface area contributed by atoms with Crippen molar-refractivity contribution in [2.75, 3.05) is 24.7 Å². The van der Waals surface area contributed by atoms with E-state index in [1.807, 2.05) is 0 Å². The van der Waals surface area contributed by atoms with Crippen LogP contribution in [-0.2, 0) is 14.6 Å². The van der Waals surface area contributed by atoms with Crippen molar-refractivity contribution < 1.29 is 22.7 Å². The number of hydrogen-bond donors (Lipinski definition) is 0. The van der Waals surface area contributed by atoms with Gasteiger partial charge in [0.25, 0.3) is 5.91 Å². The highest BCUT2D eigenvalue weighted by atomic mass is 32.2. The molecule has 0 spiro atoms. The summed E-state index contributed by atoms with van der Waals surface area (Å²) >= 11 is 0. The number of aromatic nitrogens is 1. The van der Waals surface area contributed by atoms with Crippen LogP contribution in [0.2, 0.25) is 0 Å². The molecule has 1 atom stereocenters. The SMILES string of the molecule is CCOC(=O)c1cccc(C(=O)N(CC)C2CCS(=O)(=O)C2)n1. The van der Waals surface area contributed by atoms with Crippen molar-refractivity contribution in [3.8, 4) is 0 Å². The summed E-state index contributed by atoms with van der Waals surface area (Å²) in [6.07, 6.45) is 0.430. The van der Waals surface area contributed by atoms with Crippen LogP contribution in [0.25, 0.3) is 0 Å². The summed E-state index contributed by atoms with van der Waals surface area (Å²) in [7, 11) is -3.08. The minimum atomic E-state index is -3.08. The zero-order valence-corrected chi connectivity index (χ0v) is 14.0. The van der Waals surface area contributed by atoms with Crippen LogP contribution < -0.4 is 0 Å². The minimum Gasteiger partial charge on any atom is -0.461 e. The van der Waals surface area contributed by atoms with Gasteiger partial charge in [0.15, 0.2) is 9.84 Å². The molecule has 0 aromatic carbocycles. The first-order valence-corrected chi connectivity index (χ1v) is 9.35. The standard InChI is InChI=1S/C15H20N2O5S/c1-3-17(11-8-9-23(20,21)10-11)14(18)12-6-5-7-13(16-12)15(19)22-4-2/h5-7,11H,3-4,8-10H2,1-2H3. The van der Waals surface area contributed by atoms with Crippen LogP contribution in [0.5, 0.6) is 0 Å². The maximum atomic E-state index is 12.6. The van der Waals surface area contributed by atoms with Gasteiger partial charge in [0.2, 0.25) is 0 Å². The molecule has 1 aromatic rings. The van der Waals surface area contributed by atoms with Crippen molar-refractivity contribution in [3.63, 3.8) is 0 Å². The van der Waals surface area contributed by atoms with E-state index in [0.717, 1.165) is 0 Å². The summed E-state index contributed by atoms with van der Waals surface area (Å²) in [4.78, 5) is 29.9. The van der Waals surface area contributed by atoms with Crippen molar-refractivity contribution in [1.29, 1.82) is 0 Å². The van der Waals surface area contributed by atoms with E-state index in [-0.39, 0.29) is 41.4 Å².